The summed E-state index contributed by atoms with van der Waals surface area (Å²) in [5, 5.41) is 0. The maximum absolute atomic E-state index is 12.1. The van der Waals surface area contributed by atoms with Crippen LogP contribution in [0.5, 0.6) is 0 Å². The van der Waals surface area contributed by atoms with Crippen molar-refractivity contribution in [3.8, 4) is 0 Å². The predicted molar refractivity (Wildman–Crippen MR) is 95.6 cm³/mol. The highest BCUT2D eigenvalue weighted by Crippen LogP contribution is 2.14. The van der Waals surface area contributed by atoms with E-state index in [1.54, 1.807) is 13.8 Å². The molecular formula is C16H28N4O2S. The molecule has 0 spiro atoms. The summed E-state index contributed by atoms with van der Waals surface area (Å²) in [5.41, 5.74) is 7.59. The molecule has 1 aromatic rings. The number of hydrogen-bond donors (Lipinski definition) is 2. The summed E-state index contributed by atoms with van der Waals surface area (Å²) in [6.45, 7) is 9.60. The predicted octanol–water partition coefficient (Wildman–Crippen LogP) is 1.67. The molecular weight excluding hydrogens is 312 g/mol. The third-order valence-electron chi connectivity index (χ3n) is 3.38. The highest BCUT2D eigenvalue weighted by Gasteiger charge is 2.15. The topological polar surface area (TPSA) is 87.8 Å². The molecule has 0 saturated heterocycles. The molecule has 0 amide bonds. The van der Waals surface area contributed by atoms with Crippen LogP contribution in [-0.4, -0.2) is 38.4 Å². The third kappa shape index (κ3) is 6.58. The van der Waals surface area contributed by atoms with Crippen molar-refractivity contribution in [3.63, 3.8) is 0 Å². The van der Waals surface area contributed by atoms with E-state index in [4.69, 9.17) is 5.73 Å². The van der Waals surface area contributed by atoms with Crippen molar-refractivity contribution in [1.29, 1.82) is 0 Å². The normalized spacial score (nSPS) is 12.7. The van der Waals surface area contributed by atoms with E-state index in [1.807, 2.05) is 43.0 Å². The van der Waals surface area contributed by atoms with Crippen molar-refractivity contribution in [2.45, 2.75) is 46.0 Å². The zero-order valence-corrected chi connectivity index (χ0v) is 15.2. The molecule has 3 N–H and O–H groups in total. The van der Waals surface area contributed by atoms with Gasteiger partial charge in [0, 0.05) is 19.1 Å². The van der Waals surface area contributed by atoms with Crippen LogP contribution in [0.1, 0.15) is 38.8 Å². The van der Waals surface area contributed by atoms with Crippen LogP contribution in [0.4, 0.5) is 0 Å². The Morgan fingerprint density at radius 3 is 2.30 bits per heavy atom. The molecule has 0 radical (unpaired) electrons. The van der Waals surface area contributed by atoms with Gasteiger partial charge in [-0.15, -0.1) is 0 Å². The lowest BCUT2D eigenvalue weighted by atomic mass is 10.1. The Balaban J connectivity index is 2.92. The van der Waals surface area contributed by atoms with Gasteiger partial charge in [0.05, 0.1) is 12.3 Å². The minimum absolute atomic E-state index is 0.0535. The lowest BCUT2D eigenvalue weighted by Crippen LogP contribution is -2.37. The summed E-state index contributed by atoms with van der Waals surface area (Å²) in [7, 11) is -3.36. The van der Waals surface area contributed by atoms with Crippen molar-refractivity contribution >= 4 is 16.0 Å². The molecule has 23 heavy (non-hydrogen) atoms. The second-order valence-corrected chi connectivity index (χ2v) is 7.40. The summed E-state index contributed by atoms with van der Waals surface area (Å²) < 4.78 is 26.8. The SMILES string of the molecule is CCN(CC)C(N)=NCc1ccccc1CS(=O)(=O)NC(C)C. The lowest BCUT2D eigenvalue weighted by Gasteiger charge is -2.19. The van der Waals surface area contributed by atoms with Gasteiger partial charge in [0.25, 0.3) is 0 Å². The van der Waals surface area contributed by atoms with Gasteiger partial charge in [-0.05, 0) is 38.8 Å². The number of sulfonamides is 1. The molecule has 0 aliphatic heterocycles. The first-order valence-electron chi connectivity index (χ1n) is 7.90. The van der Waals surface area contributed by atoms with Gasteiger partial charge >= 0.3 is 0 Å². The van der Waals surface area contributed by atoms with Crippen LogP contribution in [0.2, 0.25) is 0 Å². The molecule has 0 aromatic heterocycles. The van der Waals surface area contributed by atoms with E-state index in [9.17, 15) is 8.42 Å². The van der Waals surface area contributed by atoms with Gasteiger partial charge in [0.2, 0.25) is 10.0 Å². The van der Waals surface area contributed by atoms with Crippen LogP contribution < -0.4 is 10.5 Å². The Morgan fingerprint density at radius 2 is 1.78 bits per heavy atom. The van der Waals surface area contributed by atoms with Gasteiger partial charge < -0.3 is 10.6 Å². The Hall–Kier alpha value is -1.60. The van der Waals surface area contributed by atoms with Crippen molar-refractivity contribution < 1.29 is 8.42 Å². The number of rotatable bonds is 8. The zero-order valence-electron chi connectivity index (χ0n) is 14.4. The summed E-state index contributed by atoms with van der Waals surface area (Å²) in [6, 6.07) is 7.30. The van der Waals surface area contributed by atoms with E-state index in [2.05, 4.69) is 9.71 Å². The first kappa shape index (κ1) is 19.4. The van der Waals surface area contributed by atoms with Crippen LogP contribution >= 0.6 is 0 Å². The summed E-state index contributed by atoms with van der Waals surface area (Å²) in [4.78, 5) is 6.35. The molecule has 0 aliphatic carbocycles. The van der Waals surface area contributed by atoms with Crippen LogP contribution in [0.15, 0.2) is 29.3 Å². The molecule has 130 valence electrons. The van der Waals surface area contributed by atoms with Gasteiger partial charge in [-0.2, -0.15) is 0 Å². The number of nitrogens with zero attached hydrogens (tertiary/aromatic N) is 2. The lowest BCUT2D eigenvalue weighted by molar-refractivity contribution is 0.458. The molecule has 1 aromatic carbocycles. The summed E-state index contributed by atoms with van der Waals surface area (Å²) in [5.74, 6) is 0.426. The number of guanidine groups is 1. The highest BCUT2D eigenvalue weighted by molar-refractivity contribution is 7.88. The monoisotopic (exact) mass is 340 g/mol. The van der Waals surface area contributed by atoms with E-state index < -0.39 is 10.0 Å². The minimum atomic E-state index is -3.36. The van der Waals surface area contributed by atoms with Crippen molar-refractivity contribution in [1.82, 2.24) is 9.62 Å². The number of nitrogens with one attached hydrogen (secondary N) is 1. The molecule has 7 heteroatoms. The first-order valence-corrected chi connectivity index (χ1v) is 9.56. The number of hydrogen-bond acceptors (Lipinski definition) is 3. The van der Waals surface area contributed by atoms with E-state index in [0.29, 0.717) is 12.5 Å². The van der Waals surface area contributed by atoms with Crippen molar-refractivity contribution in [2.75, 3.05) is 13.1 Å². The van der Waals surface area contributed by atoms with Crippen LogP contribution in [0.25, 0.3) is 0 Å². The van der Waals surface area contributed by atoms with Gasteiger partial charge in [-0.25, -0.2) is 18.1 Å². The van der Waals surface area contributed by atoms with Gasteiger partial charge in [0.15, 0.2) is 5.96 Å². The number of benzene rings is 1. The largest absolute Gasteiger partial charge is 0.370 e. The average molecular weight is 340 g/mol. The van der Waals surface area contributed by atoms with E-state index in [-0.39, 0.29) is 11.8 Å². The Bertz CT molecular complexity index is 623. The second-order valence-electron chi connectivity index (χ2n) is 5.65. The Morgan fingerprint density at radius 1 is 1.22 bits per heavy atom. The van der Waals surface area contributed by atoms with Gasteiger partial charge in [0.1, 0.15) is 0 Å². The fraction of sp³-hybridized carbons (Fsp3) is 0.562. The van der Waals surface area contributed by atoms with Crippen LogP contribution in [-0.2, 0) is 22.3 Å². The molecule has 0 heterocycles. The molecule has 0 aliphatic rings. The molecule has 0 atom stereocenters. The fourth-order valence-electron chi connectivity index (χ4n) is 2.27. The Kier molecular flexibility index (Phi) is 7.51. The second kappa shape index (κ2) is 8.88. The number of nitrogens with two attached hydrogens (primary N) is 1. The average Bonchev–Trinajstić information content (AvgIpc) is 2.45. The minimum Gasteiger partial charge on any atom is -0.370 e. The standard InChI is InChI=1S/C16H28N4O2S/c1-5-20(6-2)16(17)18-11-14-9-7-8-10-15(14)12-23(21,22)19-13(3)4/h7-10,13,19H,5-6,11-12H2,1-4H3,(H2,17,18). The Labute approximate surface area is 139 Å². The van der Waals surface area contributed by atoms with E-state index >= 15 is 0 Å². The van der Waals surface area contributed by atoms with Crippen molar-refractivity contribution in [2.24, 2.45) is 10.7 Å². The summed E-state index contributed by atoms with van der Waals surface area (Å²) >= 11 is 0. The maximum Gasteiger partial charge on any atom is 0.216 e. The van der Waals surface area contributed by atoms with Crippen LogP contribution in [0, 0.1) is 0 Å². The smallest absolute Gasteiger partial charge is 0.216 e. The highest BCUT2D eigenvalue weighted by atomic mass is 32.2. The van der Waals surface area contributed by atoms with Gasteiger partial charge in [-0.1, -0.05) is 24.3 Å². The van der Waals surface area contributed by atoms with E-state index in [0.717, 1.165) is 24.2 Å². The molecule has 6 nitrogen and oxygen atoms in total. The van der Waals surface area contributed by atoms with Gasteiger partial charge in [-0.3, -0.25) is 0 Å². The van der Waals surface area contributed by atoms with Crippen LogP contribution in [0.3, 0.4) is 0 Å². The van der Waals surface area contributed by atoms with E-state index in [1.165, 1.54) is 0 Å². The zero-order chi connectivity index (χ0) is 17.5. The summed E-state index contributed by atoms with van der Waals surface area (Å²) in [6.07, 6.45) is 0. The molecule has 0 saturated carbocycles. The number of aliphatic imine (C=N–C) groups is 1. The molecule has 0 unspecified atom stereocenters. The molecule has 0 fully saturated rings. The molecule has 0 bridgehead atoms. The third-order valence-corrected chi connectivity index (χ3v) is 4.90. The van der Waals surface area contributed by atoms with Crippen molar-refractivity contribution in [3.05, 3.63) is 35.4 Å². The first-order chi connectivity index (χ1) is 10.8. The quantitative estimate of drug-likeness (QED) is 0.556. The fourth-order valence-corrected chi connectivity index (χ4v) is 3.76. The molecule has 1 rings (SSSR count). The maximum atomic E-state index is 12.1.